The Morgan fingerprint density at radius 3 is 2.05 bits per heavy atom. The number of unbranched alkanes of at least 4 members (excludes halogenated alkanes) is 4. The van der Waals surface area contributed by atoms with Crippen LogP contribution >= 0.6 is 0 Å². The molecule has 0 atom stereocenters. The van der Waals surface area contributed by atoms with Crippen molar-refractivity contribution in [2.24, 2.45) is 0 Å². The van der Waals surface area contributed by atoms with Gasteiger partial charge in [-0.05, 0) is 18.4 Å². The normalized spacial score (nSPS) is 12.2. The van der Waals surface area contributed by atoms with E-state index >= 15 is 0 Å². The molecule has 0 unspecified atom stereocenters. The molecule has 1 rings (SSSR count). The van der Waals surface area contributed by atoms with Gasteiger partial charge in [-0.15, -0.1) is 0 Å². The molecular formula is C17H28O3Si. The molecule has 0 saturated heterocycles. The van der Waals surface area contributed by atoms with Gasteiger partial charge in [0.05, 0.1) is 0 Å². The summed E-state index contributed by atoms with van der Waals surface area (Å²) >= 11 is 0. The summed E-state index contributed by atoms with van der Waals surface area (Å²) in [5, 5.41) is 0.982. The van der Waals surface area contributed by atoms with Gasteiger partial charge in [0.2, 0.25) is 0 Å². The quantitative estimate of drug-likeness (QED) is 0.486. The zero-order valence-corrected chi connectivity index (χ0v) is 14.7. The largest absolute Gasteiger partial charge is 0.536 e. The summed E-state index contributed by atoms with van der Waals surface area (Å²) in [5.41, 5.74) is 1.19. The molecule has 0 bridgehead atoms. The van der Waals surface area contributed by atoms with Crippen molar-refractivity contribution in [3.05, 3.63) is 35.9 Å². The molecule has 1 aromatic rings. The molecule has 0 aliphatic carbocycles. The summed E-state index contributed by atoms with van der Waals surface area (Å²) in [4.78, 5) is 0. The minimum atomic E-state index is -2.69. The van der Waals surface area contributed by atoms with Gasteiger partial charge in [-0.2, -0.15) is 0 Å². The summed E-state index contributed by atoms with van der Waals surface area (Å²) in [6.45, 7) is 2.24. The zero-order valence-electron chi connectivity index (χ0n) is 13.7. The SMILES string of the molecule is CCCCCCC=Cc1ccc([Si](OC)(OC)OC)cc1. The first-order valence-corrected chi connectivity index (χ1v) is 9.37. The van der Waals surface area contributed by atoms with Crippen LogP contribution < -0.4 is 5.19 Å². The molecule has 0 N–H and O–H groups in total. The van der Waals surface area contributed by atoms with Gasteiger partial charge in [0.15, 0.2) is 0 Å². The second-order valence-electron chi connectivity index (χ2n) is 5.04. The van der Waals surface area contributed by atoms with Crippen molar-refractivity contribution in [1.82, 2.24) is 0 Å². The van der Waals surface area contributed by atoms with E-state index in [4.69, 9.17) is 13.3 Å². The number of hydrogen-bond donors (Lipinski definition) is 0. The Balaban J connectivity index is 2.59. The van der Waals surface area contributed by atoms with Crippen molar-refractivity contribution in [1.29, 1.82) is 0 Å². The molecule has 1 aromatic carbocycles. The second kappa shape index (κ2) is 9.90. The number of benzene rings is 1. The Kier molecular flexibility index (Phi) is 8.53. The van der Waals surface area contributed by atoms with Gasteiger partial charge in [-0.1, -0.05) is 62.6 Å². The Labute approximate surface area is 130 Å². The molecular weight excluding hydrogens is 280 g/mol. The van der Waals surface area contributed by atoms with Gasteiger partial charge in [0.1, 0.15) is 0 Å². The lowest BCUT2D eigenvalue weighted by Gasteiger charge is -2.24. The third-order valence-corrected chi connectivity index (χ3v) is 6.26. The van der Waals surface area contributed by atoms with Crippen molar-refractivity contribution < 1.29 is 13.3 Å². The molecule has 3 nitrogen and oxygen atoms in total. The molecule has 0 fully saturated rings. The first-order valence-electron chi connectivity index (χ1n) is 7.65. The Morgan fingerprint density at radius 2 is 1.52 bits per heavy atom. The first kappa shape index (κ1) is 18.1. The highest BCUT2D eigenvalue weighted by Crippen LogP contribution is 2.10. The number of allylic oxidation sites excluding steroid dienone is 1. The van der Waals surface area contributed by atoms with Gasteiger partial charge < -0.3 is 13.3 Å². The van der Waals surface area contributed by atoms with Crippen LogP contribution in [0.1, 0.15) is 44.6 Å². The van der Waals surface area contributed by atoms with E-state index in [0.717, 1.165) is 11.6 Å². The predicted octanol–water partition coefficient (Wildman–Crippen LogP) is 3.76. The van der Waals surface area contributed by atoms with Crippen LogP contribution in [0.3, 0.4) is 0 Å². The van der Waals surface area contributed by atoms with E-state index in [1.54, 1.807) is 21.3 Å². The molecule has 0 radical (unpaired) electrons. The number of rotatable bonds is 10. The fourth-order valence-corrected chi connectivity index (χ4v) is 4.09. The lowest BCUT2D eigenvalue weighted by molar-refractivity contribution is 0.140. The third kappa shape index (κ3) is 5.40. The minimum Gasteiger partial charge on any atom is -0.373 e. The van der Waals surface area contributed by atoms with Gasteiger partial charge in [0, 0.05) is 26.5 Å². The van der Waals surface area contributed by atoms with Gasteiger partial charge in [-0.25, -0.2) is 0 Å². The molecule has 21 heavy (non-hydrogen) atoms. The maximum atomic E-state index is 5.47. The smallest absolute Gasteiger partial charge is 0.373 e. The van der Waals surface area contributed by atoms with Crippen LogP contribution in [0.5, 0.6) is 0 Å². The molecule has 0 heterocycles. The molecule has 0 spiro atoms. The van der Waals surface area contributed by atoms with Crippen LogP contribution in [0.4, 0.5) is 0 Å². The van der Waals surface area contributed by atoms with E-state index in [2.05, 4.69) is 31.2 Å². The van der Waals surface area contributed by atoms with Crippen LogP contribution in [0.15, 0.2) is 30.3 Å². The molecule has 4 heteroatoms. The molecule has 0 aromatic heterocycles. The van der Waals surface area contributed by atoms with Crippen LogP contribution in [0, 0.1) is 0 Å². The van der Waals surface area contributed by atoms with E-state index in [0.29, 0.717) is 0 Å². The zero-order chi connectivity index (χ0) is 15.6. The van der Waals surface area contributed by atoms with Gasteiger partial charge in [-0.3, -0.25) is 0 Å². The highest BCUT2D eigenvalue weighted by atomic mass is 28.4. The summed E-state index contributed by atoms with van der Waals surface area (Å²) in [5.74, 6) is 0. The van der Waals surface area contributed by atoms with Gasteiger partial charge >= 0.3 is 8.80 Å². The van der Waals surface area contributed by atoms with Crippen LogP contribution in [0.2, 0.25) is 0 Å². The van der Waals surface area contributed by atoms with Gasteiger partial charge in [0.25, 0.3) is 0 Å². The van der Waals surface area contributed by atoms with Crippen molar-refractivity contribution >= 4 is 20.1 Å². The van der Waals surface area contributed by atoms with Crippen LogP contribution in [-0.2, 0) is 13.3 Å². The summed E-state index contributed by atoms with van der Waals surface area (Å²) < 4.78 is 16.4. The summed E-state index contributed by atoms with van der Waals surface area (Å²) in [7, 11) is 2.19. The van der Waals surface area contributed by atoms with Crippen molar-refractivity contribution in [3.63, 3.8) is 0 Å². The standard InChI is InChI=1S/C17H28O3Si/c1-5-6-7-8-9-10-11-16-12-14-17(15-13-16)21(18-2,19-3)20-4/h10-15H,5-9H2,1-4H3. The fraction of sp³-hybridized carbons (Fsp3) is 0.529. The average Bonchev–Trinajstić information content (AvgIpc) is 2.54. The molecule has 0 amide bonds. The van der Waals surface area contributed by atoms with Crippen molar-refractivity contribution in [2.75, 3.05) is 21.3 Å². The Morgan fingerprint density at radius 1 is 0.905 bits per heavy atom. The Hall–Kier alpha value is -0.943. The maximum absolute atomic E-state index is 5.47. The Bertz CT molecular complexity index is 402. The second-order valence-corrected chi connectivity index (χ2v) is 7.96. The topological polar surface area (TPSA) is 27.7 Å². The highest BCUT2D eigenvalue weighted by Gasteiger charge is 2.40. The van der Waals surface area contributed by atoms with Crippen LogP contribution in [-0.4, -0.2) is 30.1 Å². The monoisotopic (exact) mass is 308 g/mol. The van der Waals surface area contributed by atoms with E-state index < -0.39 is 8.80 Å². The summed E-state index contributed by atoms with van der Waals surface area (Å²) in [6.07, 6.45) is 10.8. The lowest BCUT2D eigenvalue weighted by Crippen LogP contribution is -2.54. The molecule has 118 valence electrons. The fourth-order valence-electron chi connectivity index (χ4n) is 2.31. The van der Waals surface area contributed by atoms with Crippen molar-refractivity contribution in [2.45, 2.75) is 39.0 Å². The third-order valence-electron chi connectivity index (χ3n) is 3.61. The van der Waals surface area contributed by atoms with E-state index in [1.165, 1.54) is 31.2 Å². The minimum absolute atomic E-state index is 0.982. The average molecular weight is 308 g/mol. The number of hydrogen-bond acceptors (Lipinski definition) is 3. The maximum Gasteiger partial charge on any atom is 0.536 e. The highest BCUT2D eigenvalue weighted by molar-refractivity contribution is 6.75. The van der Waals surface area contributed by atoms with E-state index in [9.17, 15) is 0 Å². The predicted molar refractivity (Wildman–Crippen MR) is 90.7 cm³/mol. The molecule has 0 aliphatic rings. The summed E-state index contributed by atoms with van der Waals surface area (Å²) in [6, 6.07) is 8.21. The van der Waals surface area contributed by atoms with Crippen LogP contribution in [0.25, 0.3) is 6.08 Å². The molecule has 0 aliphatic heterocycles. The molecule has 0 saturated carbocycles. The van der Waals surface area contributed by atoms with Crippen molar-refractivity contribution in [3.8, 4) is 0 Å². The van der Waals surface area contributed by atoms with E-state index in [1.807, 2.05) is 12.1 Å². The first-order chi connectivity index (χ1) is 10.2. The van der Waals surface area contributed by atoms with E-state index in [-0.39, 0.29) is 0 Å². The lowest BCUT2D eigenvalue weighted by atomic mass is 10.1.